The van der Waals surface area contributed by atoms with Gasteiger partial charge in [-0.1, -0.05) is 17.3 Å². The first-order valence-corrected chi connectivity index (χ1v) is 8.45. The predicted octanol–water partition coefficient (Wildman–Crippen LogP) is 1.80. The maximum Gasteiger partial charge on any atom is 0.416 e. The molecule has 2 aromatic rings. The average Bonchev–Trinajstić information content (AvgIpc) is 2.97. The standard InChI is InChI=1S/C13H13F3N4O3S/c14-13(15,16)10-4-1-3-9(7-10)12-18-11(23-19-12)8-20-6-2-5-17-24(20,21)22/h1,3-4,7,17H,2,5-6,8H2. The van der Waals surface area contributed by atoms with Crippen LogP contribution in [-0.2, 0) is 22.9 Å². The minimum absolute atomic E-state index is 0.00897. The van der Waals surface area contributed by atoms with Crippen molar-refractivity contribution < 1.29 is 26.1 Å². The zero-order valence-corrected chi connectivity index (χ0v) is 13.1. The number of nitrogens with one attached hydrogen (secondary N) is 1. The summed E-state index contributed by atoms with van der Waals surface area (Å²) < 4.78 is 70.3. The molecule has 3 rings (SSSR count). The zero-order chi connectivity index (χ0) is 17.4. The van der Waals surface area contributed by atoms with Gasteiger partial charge in [0.15, 0.2) is 0 Å². The molecule has 1 fully saturated rings. The van der Waals surface area contributed by atoms with Gasteiger partial charge in [0.2, 0.25) is 11.7 Å². The molecule has 7 nitrogen and oxygen atoms in total. The second-order valence-electron chi connectivity index (χ2n) is 5.18. The van der Waals surface area contributed by atoms with E-state index in [1.807, 2.05) is 0 Å². The van der Waals surface area contributed by atoms with Crippen molar-refractivity contribution in [3.63, 3.8) is 0 Å². The Labute approximate surface area is 135 Å². The SMILES string of the molecule is O=S1(=O)NCCCN1Cc1nc(-c2cccc(C(F)(F)F)c2)no1. The van der Waals surface area contributed by atoms with Crippen molar-refractivity contribution in [1.29, 1.82) is 0 Å². The highest BCUT2D eigenvalue weighted by Crippen LogP contribution is 2.31. The Hall–Kier alpha value is -1.98. The average molecular weight is 362 g/mol. The highest BCUT2D eigenvalue weighted by molar-refractivity contribution is 7.87. The molecule has 0 atom stereocenters. The summed E-state index contributed by atoms with van der Waals surface area (Å²) in [6.45, 7) is 0.524. The summed E-state index contributed by atoms with van der Waals surface area (Å²) in [6, 6.07) is 4.51. The Bertz CT molecular complexity index is 835. The first kappa shape index (κ1) is 16.9. The van der Waals surface area contributed by atoms with Crippen LogP contribution in [0.15, 0.2) is 28.8 Å². The van der Waals surface area contributed by atoms with E-state index in [1.165, 1.54) is 12.1 Å². The second kappa shape index (κ2) is 6.15. The molecule has 1 aromatic carbocycles. The molecule has 1 N–H and O–H groups in total. The minimum Gasteiger partial charge on any atom is -0.338 e. The van der Waals surface area contributed by atoms with E-state index in [0.29, 0.717) is 19.5 Å². The van der Waals surface area contributed by atoms with Gasteiger partial charge in [-0.2, -0.15) is 30.9 Å². The van der Waals surface area contributed by atoms with Crippen LogP contribution in [0.1, 0.15) is 17.9 Å². The number of halogens is 3. The van der Waals surface area contributed by atoms with Crippen LogP contribution >= 0.6 is 0 Å². The fourth-order valence-electron chi connectivity index (χ4n) is 2.25. The molecule has 1 saturated heterocycles. The quantitative estimate of drug-likeness (QED) is 0.899. The van der Waals surface area contributed by atoms with E-state index < -0.39 is 21.9 Å². The van der Waals surface area contributed by atoms with E-state index in [-0.39, 0.29) is 23.8 Å². The van der Waals surface area contributed by atoms with E-state index in [4.69, 9.17) is 4.52 Å². The van der Waals surface area contributed by atoms with E-state index in [9.17, 15) is 21.6 Å². The first-order chi connectivity index (χ1) is 11.3. The van der Waals surface area contributed by atoms with Crippen LogP contribution in [0.3, 0.4) is 0 Å². The van der Waals surface area contributed by atoms with E-state index >= 15 is 0 Å². The normalized spacial score (nSPS) is 18.6. The van der Waals surface area contributed by atoms with Crippen LogP contribution in [0, 0.1) is 0 Å². The van der Waals surface area contributed by atoms with Crippen molar-refractivity contribution in [2.24, 2.45) is 0 Å². The number of aromatic nitrogens is 2. The van der Waals surface area contributed by atoms with Crippen molar-refractivity contribution >= 4 is 10.2 Å². The third-order valence-electron chi connectivity index (χ3n) is 3.44. The summed E-state index contributed by atoms with van der Waals surface area (Å²) in [6.07, 6.45) is -3.84. The first-order valence-electron chi connectivity index (χ1n) is 7.01. The van der Waals surface area contributed by atoms with Crippen LogP contribution in [0.4, 0.5) is 13.2 Å². The topological polar surface area (TPSA) is 88.3 Å². The summed E-state index contributed by atoms with van der Waals surface area (Å²) in [7, 11) is -3.60. The summed E-state index contributed by atoms with van der Waals surface area (Å²) in [5.74, 6) is -0.0202. The van der Waals surface area contributed by atoms with Gasteiger partial charge in [-0.3, -0.25) is 0 Å². The van der Waals surface area contributed by atoms with Crippen molar-refractivity contribution in [2.45, 2.75) is 19.1 Å². The zero-order valence-electron chi connectivity index (χ0n) is 12.2. The van der Waals surface area contributed by atoms with E-state index in [1.54, 1.807) is 0 Å². The Morgan fingerprint density at radius 2 is 2.12 bits per heavy atom. The third-order valence-corrected chi connectivity index (χ3v) is 5.00. The highest BCUT2D eigenvalue weighted by atomic mass is 32.2. The van der Waals surface area contributed by atoms with Crippen LogP contribution in [-0.4, -0.2) is 36.0 Å². The highest BCUT2D eigenvalue weighted by Gasteiger charge is 2.31. The molecule has 0 radical (unpaired) electrons. The molecule has 0 unspecified atom stereocenters. The van der Waals surface area contributed by atoms with Crippen molar-refractivity contribution in [2.75, 3.05) is 13.1 Å². The number of nitrogens with zero attached hydrogens (tertiary/aromatic N) is 3. The molecule has 2 heterocycles. The monoisotopic (exact) mass is 362 g/mol. The summed E-state index contributed by atoms with van der Waals surface area (Å²) in [5.41, 5.74) is -0.686. The molecule has 11 heteroatoms. The molecule has 0 bridgehead atoms. The van der Waals surface area contributed by atoms with E-state index in [0.717, 1.165) is 16.4 Å². The molecule has 130 valence electrons. The molecule has 0 saturated carbocycles. The molecule has 0 spiro atoms. The second-order valence-corrected chi connectivity index (χ2v) is 6.93. The van der Waals surface area contributed by atoms with Crippen LogP contribution in [0.5, 0.6) is 0 Å². The third kappa shape index (κ3) is 3.57. The lowest BCUT2D eigenvalue weighted by Crippen LogP contribution is -2.46. The fraction of sp³-hybridized carbons (Fsp3) is 0.385. The largest absolute Gasteiger partial charge is 0.416 e. The lowest BCUT2D eigenvalue weighted by molar-refractivity contribution is -0.137. The molecular formula is C13H13F3N4O3S. The minimum atomic E-state index is -4.48. The Kier molecular flexibility index (Phi) is 4.32. The van der Waals surface area contributed by atoms with Gasteiger partial charge in [-0.25, -0.2) is 4.72 Å². The Balaban J connectivity index is 1.81. The number of benzene rings is 1. The van der Waals surface area contributed by atoms with Gasteiger partial charge in [0.1, 0.15) is 0 Å². The number of rotatable bonds is 3. The van der Waals surface area contributed by atoms with Gasteiger partial charge >= 0.3 is 6.18 Å². The van der Waals surface area contributed by atoms with Gasteiger partial charge < -0.3 is 4.52 Å². The van der Waals surface area contributed by atoms with Crippen LogP contribution < -0.4 is 4.72 Å². The molecule has 1 aliphatic rings. The molecular weight excluding hydrogens is 349 g/mol. The molecule has 1 aromatic heterocycles. The smallest absolute Gasteiger partial charge is 0.338 e. The predicted molar refractivity (Wildman–Crippen MR) is 76.7 cm³/mol. The Morgan fingerprint density at radius 3 is 2.83 bits per heavy atom. The van der Waals surface area contributed by atoms with Crippen LogP contribution in [0.25, 0.3) is 11.4 Å². The molecule has 0 amide bonds. The van der Waals surface area contributed by atoms with Gasteiger partial charge in [0.05, 0.1) is 12.1 Å². The van der Waals surface area contributed by atoms with E-state index in [2.05, 4.69) is 14.9 Å². The lowest BCUT2D eigenvalue weighted by Gasteiger charge is -2.25. The van der Waals surface area contributed by atoms with Crippen molar-refractivity contribution in [1.82, 2.24) is 19.2 Å². The fourth-order valence-corrected chi connectivity index (χ4v) is 3.49. The molecule has 0 aliphatic carbocycles. The maximum absolute atomic E-state index is 12.7. The van der Waals surface area contributed by atoms with Crippen molar-refractivity contribution in [3.05, 3.63) is 35.7 Å². The molecule has 24 heavy (non-hydrogen) atoms. The van der Waals surface area contributed by atoms with Gasteiger partial charge in [-0.15, -0.1) is 0 Å². The van der Waals surface area contributed by atoms with Gasteiger partial charge in [0.25, 0.3) is 10.2 Å². The number of alkyl halides is 3. The number of hydrogen-bond acceptors (Lipinski definition) is 5. The lowest BCUT2D eigenvalue weighted by atomic mass is 10.1. The maximum atomic E-state index is 12.7. The van der Waals surface area contributed by atoms with Crippen LogP contribution in [0.2, 0.25) is 0 Å². The summed E-state index contributed by atoms with van der Waals surface area (Å²) >= 11 is 0. The van der Waals surface area contributed by atoms with Gasteiger partial charge in [-0.05, 0) is 18.6 Å². The van der Waals surface area contributed by atoms with Crippen molar-refractivity contribution in [3.8, 4) is 11.4 Å². The summed E-state index contributed by atoms with van der Waals surface area (Å²) in [4.78, 5) is 3.98. The van der Waals surface area contributed by atoms with Gasteiger partial charge in [0, 0.05) is 18.7 Å². The molecule has 1 aliphatic heterocycles. The Morgan fingerprint density at radius 1 is 1.33 bits per heavy atom. The summed E-state index contributed by atoms with van der Waals surface area (Å²) in [5, 5.41) is 3.63. The number of hydrogen-bond donors (Lipinski definition) is 1.